The molecule has 1 heteroatoms. The molecular formula is C12H22O. The van der Waals surface area contributed by atoms with Crippen molar-refractivity contribution >= 4 is 0 Å². The normalized spacial score (nSPS) is 34.6. The van der Waals surface area contributed by atoms with E-state index in [1.165, 1.54) is 19.3 Å². The van der Waals surface area contributed by atoms with Crippen LogP contribution in [0.4, 0.5) is 0 Å². The number of hydrogen-bond acceptors (Lipinski definition) is 1. The standard InChI is InChI=1S/C12H22O/c1-5-13-12-8-11(9(2)3)7-6-10(12)4/h5,9-12H,1,6-8H2,2-4H3/t10-,11-,12+/m1/s1. The minimum atomic E-state index is 0.415. The molecule has 0 heterocycles. The topological polar surface area (TPSA) is 9.23 Å². The van der Waals surface area contributed by atoms with Gasteiger partial charge in [0.15, 0.2) is 0 Å². The van der Waals surface area contributed by atoms with Crippen molar-refractivity contribution in [2.45, 2.75) is 46.1 Å². The Morgan fingerprint density at radius 3 is 2.62 bits per heavy atom. The molecule has 3 atom stereocenters. The Kier molecular flexibility index (Phi) is 3.83. The molecule has 0 saturated heterocycles. The molecule has 1 saturated carbocycles. The Morgan fingerprint density at radius 1 is 1.38 bits per heavy atom. The van der Waals surface area contributed by atoms with E-state index in [0.29, 0.717) is 12.0 Å². The third-order valence-corrected chi connectivity index (χ3v) is 3.38. The number of rotatable bonds is 3. The predicted octanol–water partition coefficient (Wildman–Crippen LogP) is 3.61. The van der Waals surface area contributed by atoms with E-state index in [2.05, 4.69) is 27.4 Å². The molecular weight excluding hydrogens is 160 g/mol. The van der Waals surface area contributed by atoms with Crippen molar-refractivity contribution in [1.29, 1.82) is 0 Å². The first kappa shape index (κ1) is 10.6. The first-order valence-corrected chi connectivity index (χ1v) is 5.41. The van der Waals surface area contributed by atoms with Crippen LogP contribution in [0.5, 0.6) is 0 Å². The van der Waals surface area contributed by atoms with Crippen LogP contribution in [0.25, 0.3) is 0 Å². The van der Waals surface area contributed by atoms with E-state index in [1.807, 2.05) is 0 Å². The second-order valence-corrected chi connectivity index (χ2v) is 4.64. The monoisotopic (exact) mass is 182 g/mol. The third kappa shape index (κ3) is 2.75. The first-order valence-electron chi connectivity index (χ1n) is 5.41. The van der Waals surface area contributed by atoms with Crippen LogP contribution in [0.2, 0.25) is 0 Å². The van der Waals surface area contributed by atoms with Crippen LogP contribution in [-0.4, -0.2) is 6.10 Å². The molecule has 0 bridgehead atoms. The zero-order valence-corrected chi connectivity index (χ0v) is 9.12. The second kappa shape index (κ2) is 4.69. The lowest BCUT2D eigenvalue weighted by molar-refractivity contribution is 0.0278. The van der Waals surface area contributed by atoms with Crippen molar-refractivity contribution in [3.63, 3.8) is 0 Å². The Labute approximate surface area is 82.2 Å². The Balaban J connectivity index is 2.47. The van der Waals surface area contributed by atoms with Gasteiger partial charge < -0.3 is 4.74 Å². The third-order valence-electron chi connectivity index (χ3n) is 3.38. The first-order chi connectivity index (χ1) is 6.15. The fourth-order valence-corrected chi connectivity index (χ4v) is 2.23. The van der Waals surface area contributed by atoms with Gasteiger partial charge in [-0.1, -0.05) is 27.4 Å². The van der Waals surface area contributed by atoms with Crippen molar-refractivity contribution in [2.75, 3.05) is 0 Å². The van der Waals surface area contributed by atoms with Crippen LogP contribution in [0, 0.1) is 17.8 Å². The highest BCUT2D eigenvalue weighted by Gasteiger charge is 2.29. The largest absolute Gasteiger partial charge is 0.498 e. The van der Waals surface area contributed by atoms with Gasteiger partial charge in [-0.3, -0.25) is 0 Å². The molecule has 0 aromatic carbocycles. The molecule has 1 rings (SSSR count). The maximum atomic E-state index is 5.54. The zero-order chi connectivity index (χ0) is 9.84. The summed E-state index contributed by atoms with van der Waals surface area (Å²) < 4.78 is 5.54. The van der Waals surface area contributed by atoms with Gasteiger partial charge in [0, 0.05) is 0 Å². The predicted molar refractivity (Wildman–Crippen MR) is 56.4 cm³/mol. The van der Waals surface area contributed by atoms with Gasteiger partial charge in [0.25, 0.3) is 0 Å². The summed E-state index contributed by atoms with van der Waals surface area (Å²) in [5.41, 5.74) is 0. The summed E-state index contributed by atoms with van der Waals surface area (Å²) in [4.78, 5) is 0. The summed E-state index contributed by atoms with van der Waals surface area (Å²) in [6.07, 6.45) is 5.91. The van der Waals surface area contributed by atoms with Crippen molar-refractivity contribution in [2.24, 2.45) is 17.8 Å². The minimum Gasteiger partial charge on any atom is -0.498 e. The molecule has 0 unspecified atom stereocenters. The number of ether oxygens (including phenoxy) is 1. The summed E-state index contributed by atoms with van der Waals surface area (Å²) >= 11 is 0. The average Bonchev–Trinajstić information content (AvgIpc) is 2.08. The molecule has 1 nitrogen and oxygen atoms in total. The molecule has 76 valence electrons. The van der Waals surface area contributed by atoms with Gasteiger partial charge in [-0.2, -0.15) is 0 Å². The van der Waals surface area contributed by atoms with Crippen LogP contribution < -0.4 is 0 Å². The van der Waals surface area contributed by atoms with Crippen molar-refractivity contribution in [3.8, 4) is 0 Å². The van der Waals surface area contributed by atoms with E-state index < -0.39 is 0 Å². The molecule has 13 heavy (non-hydrogen) atoms. The van der Waals surface area contributed by atoms with E-state index >= 15 is 0 Å². The molecule has 0 aromatic heterocycles. The fraction of sp³-hybridized carbons (Fsp3) is 0.833. The van der Waals surface area contributed by atoms with E-state index in [9.17, 15) is 0 Å². The molecule has 0 N–H and O–H groups in total. The van der Waals surface area contributed by atoms with E-state index in [1.54, 1.807) is 6.26 Å². The van der Waals surface area contributed by atoms with Gasteiger partial charge in [-0.15, -0.1) is 0 Å². The summed E-state index contributed by atoms with van der Waals surface area (Å²) in [6.45, 7) is 10.5. The quantitative estimate of drug-likeness (QED) is 0.606. The van der Waals surface area contributed by atoms with Crippen LogP contribution >= 0.6 is 0 Å². The summed E-state index contributed by atoms with van der Waals surface area (Å²) in [6, 6.07) is 0. The van der Waals surface area contributed by atoms with Crippen LogP contribution in [0.3, 0.4) is 0 Å². The fourth-order valence-electron chi connectivity index (χ4n) is 2.23. The van der Waals surface area contributed by atoms with Gasteiger partial charge >= 0.3 is 0 Å². The number of hydrogen-bond donors (Lipinski definition) is 0. The highest BCUT2D eigenvalue weighted by molar-refractivity contribution is 4.81. The van der Waals surface area contributed by atoms with Crippen molar-refractivity contribution in [1.82, 2.24) is 0 Å². The van der Waals surface area contributed by atoms with Crippen molar-refractivity contribution in [3.05, 3.63) is 12.8 Å². The van der Waals surface area contributed by atoms with Gasteiger partial charge in [0.05, 0.1) is 6.26 Å². The van der Waals surface area contributed by atoms with Gasteiger partial charge in [-0.25, -0.2) is 0 Å². The van der Waals surface area contributed by atoms with Crippen molar-refractivity contribution < 1.29 is 4.74 Å². The molecule has 0 amide bonds. The Morgan fingerprint density at radius 2 is 2.08 bits per heavy atom. The zero-order valence-electron chi connectivity index (χ0n) is 9.12. The molecule has 0 aliphatic heterocycles. The molecule has 1 fully saturated rings. The second-order valence-electron chi connectivity index (χ2n) is 4.64. The molecule has 0 spiro atoms. The van der Waals surface area contributed by atoms with Crippen LogP contribution in [0.1, 0.15) is 40.0 Å². The minimum absolute atomic E-state index is 0.415. The lowest BCUT2D eigenvalue weighted by Gasteiger charge is -2.35. The molecule has 1 aliphatic rings. The maximum Gasteiger partial charge on any atom is 0.101 e. The van der Waals surface area contributed by atoms with E-state index in [-0.39, 0.29) is 0 Å². The Bertz CT molecular complexity index is 163. The van der Waals surface area contributed by atoms with Crippen LogP contribution in [0.15, 0.2) is 12.8 Å². The molecule has 0 aromatic rings. The van der Waals surface area contributed by atoms with Crippen LogP contribution in [-0.2, 0) is 4.74 Å². The van der Waals surface area contributed by atoms with Gasteiger partial charge in [0.1, 0.15) is 6.10 Å². The lowest BCUT2D eigenvalue weighted by atomic mass is 9.76. The smallest absolute Gasteiger partial charge is 0.101 e. The molecule has 0 radical (unpaired) electrons. The maximum absolute atomic E-state index is 5.54. The average molecular weight is 182 g/mol. The summed E-state index contributed by atoms with van der Waals surface area (Å²) in [5.74, 6) is 2.34. The highest BCUT2D eigenvalue weighted by atomic mass is 16.5. The van der Waals surface area contributed by atoms with Gasteiger partial charge in [0.2, 0.25) is 0 Å². The SMILES string of the molecule is C=CO[C@H]1C[C@H](C(C)C)CC[C@H]1C. The van der Waals surface area contributed by atoms with E-state index in [0.717, 1.165) is 11.8 Å². The molecule has 1 aliphatic carbocycles. The van der Waals surface area contributed by atoms with E-state index in [4.69, 9.17) is 4.74 Å². The Hall–Kier alpha value is -0.460. The highest BCUT2D eigenvalue weighted by Crippen LogP contribution is 2.34. The van der Waals surface area contributed by atoms with Gasteiger partial charge in [-0.05, 0) is 37.0 Å². The summed E-state index contributed by atoms with van der Waals surface area (Å²) in [5, 5.41) is 0. The summed E-state index contributed by atoms with van der Waals surface area (Å²) in [7, 11) is 0. The lowest BCUT2D eigenvalue weighted by Crippen LogP contribution is -2.31.